The topological polar surface area (TPSA) is 115 Å². The molecule has 0 spiro atoms. The van der Waals surface area contributed by atoms with Gasteiger partial charge in [0.15, 0.2) is 5.82 Å². The summed E-state index contributed by atoms with van der Waals surface area (Å²) in [5.74, 6) is 1.06. The standard InChI is InChI=1S/C16H26N4O5S/c1-4-24-9-14(21)20-8-12-6-13(19-26(22,23)5-2)7-16(12,10-20)15-17-11(3)18-25-15/h12-13,19H,4-10H2,1-3H3. The molecule has 3 rings (SSSR count). The number of carbonyl (C=O) groups is 1. The summed E-state index contributed by atoms with van der Waals surface area (Å²) in [6, 6.07) is -0.193. The second-order valence-corrected chi connectivity index (χ2v) is 9.11. The maximum Gasteiger partial charge on any atom is 0.248 e. The Balaban J connectivity index is 1.82. The largest absolute Gasteiger partial charge is 0.372 e. The Labute approximate surface area is 153 Å². The summed E-state index contributed by atoms with van der Waals surface area (Å²) in [6.45, 7) is 6.72. The molecule has 2 fully saturated rings. The molecule has 146 valence electrons. The smallest absolute Gasteiger partial charge is 0.248 e. The number of fused-ring (bicyclic) bond motifs is 1. The van der Waals surface area contributed by atoms with Gasteiger partial charge in [-0.3, -0.25) is 4.79 Å². The molecule has 1 aromatic rings. The molecule has 9 nitrogen and oxygen atoms in total. The van der Waals surface area contributed by atoms with Crippen molar-refractivity contribution in [3.8, 4) is 0 Å². The molecule has 1 aliphatic heterocycles. The van der Waals surface area contributed by atoms with Gasteiger partial charge in [0.1, 0.15) is 6.61 Å². The molecular formula is C16H26N4O5S. The van der Waals surface area contributed by atoms with Gasteiger partial charge in [-0.2, -0.15) is 4.98 Å². The fraction of sp³-hybridized carbons (Fsp3) is 0.812. The molecule has 2 heterocycles. The lowest BCUT2D eigenvalue weighted by atomic mass is 9.80. The number of hydrogen-bond acceptors (Lipinski definition) is 7. The van der Waals surface area contributed by atoms with Gasteiger partial charge in [0, 0.05) is 25.7 Å². The lowest BCUT2D eigenvalue weighted by Crippen LogP contribution is -2.40. The first-order chi connectivity index (χ1) is 12.3. The van der Waals surface area contributed by atoms with Crippen molar-refractivity contribution < 1.29 is 22.5 Å². The van der Waals surface area contributed by atoms with Crippen LogP contribution in [0.15, 0.2) is 4.52 Å². The van der Waals surface area contributed by atoms with E-state index < -0.39 is 15.4 Å². The molecule has 0 bridgehead atoms. The first-order valence-corrected chi connectivity index (χ1v) is 10.6. The Hall–Kier alpha value is -1.52. The van der Waals surface area contributed by atoms with Crippen molar-refractivity contribution in [2.24, 2.45) is 5.92 Å². The molecular weight excluding hydrogens is 360 g/mol. The van der Waals surface area contributed by atoms with Gasteiger partial charge in [0.2, 0.25) is 21.8 Å². The lowest BCUT2D eigenvalue weighted by molar-refractivity contribution is -0.135. The second-order valence-electron chi connectivity index (χ2n) is 7.07. The molecule has 0 aromatic carbocycles. The minimum absolute atomic E-state index is 0.0415. The van der Waals surface area contributed by atoms with Crippen molar-refractivity contribution in [3.63, 3.8) is 0 Å². The Morgan fingerprint density at radius 2 is 2.23 bits per heavy atom. The molecule has 3 unspecified atom stereocenters. The monoisotopic (exact) mass is 386 g/mol. The molecule has 3 atom stereocenters. The van der Waals surface area contributed by atoms with Crippen molar-refractivity contribution in [2.45, 2.75) is 45.1 Å². The van der Waals surface area contributed by atoms with Gasteiger partial charge in [0.25, 0.3) is 0 Å². The Kier molecular flexibility index (Phi) is 5.36. The summed E-state index contributed by atoms with van der Waals surface area (Å²) < 4.78 is 37.4. The summed E-state index contributed by atoms with van der Waals surface area (Å²) >= 11 is 0. The highest BCUT2D eigenvalue weighted by molar-refractivity contribution is 7.89. The summed E-state index contributed by atoms with van der Waals surface area (Å²) in [5, 5.41) is 3.90. The summed E-state index contributed by atoms with van der Waals surface area (Å²) in [4.78, 5) is 18.6. The zero-order valence-electron chi connectivity index (χ0n) is 15.4. The zero-order chi connectivity index (χ0) is 18.9. The highest BCUT2D eigenvalue weighted by Crippen LogP contribution is 2.50. The molecule has 1 aliphatic carbocycles. The number of amides is 1. The van der Waals surface area contributed by atoms with Crippen LogP contribution in [-0.2, 0) is 25.0 Å². The summed E-state index contributed by atoms with van der Waals surface area (Å²) in [5.41, 5.74) is -0.510. The van der Waals surface area contributed by atoms with E-state index in [4.69, 9.17) is 9.26 Å². The lowest BCUT2D eigenvalue weighted by Gasteiger charge is -2.25. The minimum atomic E-state index is -3.30. The molecule has 0 radical (unpaired) electrons. The fourth-order valence-electron chi connectivity index (χ4n) is 4.10. The zero-order valence-corrected chi connectivity index (χ0v) is 16.2. The average Bonchev–Trinajstić information content (AvgIpc) is 3.24. The third kappa shape index (κ3) is 3.63. The van der Waals surface area contributed by atoms with E-state index in [-0.39, 0.29) is 30.2 Å². The SMILES string of the molecule is CCOCC(=O)N1CC2CC(NS(=O)(=O)CC)CC2(c2nc(C)no2)C1. The van der Waals surface area contributed by atoms with Crippen molar-refractivity contribution in [3.05, 3.63) is 11.7 Å². The number of carbonyl (C=O) groups excluding carboxylic acids is 1. The molecule has 1 saturated heterocycles. The van der Waals surface area contributed by atoms with Gasteiger partial charge in [-0.15, -0.1) is 0 Å². The minimum Gasteiger partial charge on any atom is -0.372 e. The van der Waals surface area contributed by atoms with Gasteiger partial charge < -0.3 is 14.2 Å². The normalized spacial score (nSPS) is 28.5. The summed E-state index contributed by atoms with van der Waals surface area (Å²) in [6.07, 6.45) is 1.18. The number of ether oxygens (including phenoxy) is 1. The van der Waals surface area contributed by atoms with Gasteiger partial charge in [-0.05, 0) is 39.5 Å². The maximum atomic E-state index is 12.4. The quantitative estimate of drug-likeness (QED) is 0.712. The number of nitrogens with one attached hydrogen (secondary N) is 1. The van der Waals surface area contributed by atoms with Gasteiger partial charge in [-0.1, -0.05) is 5.16 Å². The van der Waals surface area contributed by atoms with Crippen LogP contribution in [0.3, 0.4) is 0 Å². The maximum absolute atomic E-state index is 12.4. The Morgan fingerprint density at radius 1 is 1.46 bits per heavy atom. The van der Waals surface area contributed by atoms with Crippen LogP contribution < -0.4 is 4.72 Å². The number of sulfonamides is 1. The molecule has 1 aromatic heterocycles. The molecule has 1 amide bonds. The van der Waals surface area contributed by atoms with Crippen LogP contribution in [0.4, 0.5) is 0 Å². The number of aromatic nitrogens is 2. The predicted molar refractivity (Wildman–Crippen MR) is 92.9 cm³/mol. The second kappa shape index (κ2) is 7.24. The van der Waals surface area contributed by atoms with E-state index in [0.29, 0.717) is 44.3 Å². The van der Waals surface area contributed by atoms with E-state index in [1.54, 1.807) is 18.7 Å². The van der Waals surface area contributed by atoms with Crippen molar-refractivity contribution in [1.29, 1.82) is 0 Å². The molecule has 26 heavy (non-hydrogen) atoms. The van der Waals surface area contributed by atoms with E-state index in [2.05, 4.69) is 14.9 Å². The van der Waals surface area contributed by atoms with E-state index in [1.165, 1.54) is 0 Å². The number of hydrogen-bond donors (Lipinski definition) is 1. The van der Waals surface area contributed by atoms with Crippen LogP contribution >= 0.6 is 0 Å². The highest BCUT2D eigenvalue weighted by atomic mass is 32.2. The summed E-state index contributed by atoms with van der Waals surface area (Å²) in [7, 11) is -3.30. The van der Waals surface area contributed by atoms with E-state index in [9.17, 15) is 13.2 Å². The highest BCUT2D eigenvalue weighted by Gasteiger charge is 2.58. The van der Waals surface area contributed by atoms with Crippen molar-refractivity contribution >= 4 is 15.9 Å². The van der Waals surface area contributed by atoms with E-state index >= 15 is 0 Å². The number of aryl methyl sites for hydroxylation is 1. The molecule has 2 aliphatic rings. The third-order valence-corrected chi connectivity index (χ3v) is 6.79. The van der Waals surface area contributed by atoms with Gasteiger partial charge in [-0.25, -0.2) is 13.1 Å². The predicted octanol–water partition coefficient (Wildman–Crippen LogP) is 0.212. The van der Waals surface area contributed by atoms with Crippen LogP contribution in [0.25, 0.3) is 0 Å². The number of likely N-dealkylation sites (tertiary alicyclic amines) is 1. The van der Waals surface area contributed by atoms with Crippen LogP contribution in [0.5, 0.6) is 0 Å². The van der Waals surface area contributed by atoms with Crippen LogP contribution in [0.1, 0.15) is 38.4 Å². The first-order valence-electron chi connectivity index (χ1n) is 8.96. The van der Waals surface area contributed by atoms with Gasteiger partial charge >= 0.3 is 0 Å². The van der Waals surface area contributed by atoms with E-state index in [1.807, 2.05) is 6.92 Å². The number of rotatable bonds is 7. The van der Waals surface area contributed by atoms with Crippen LogP contribution in [0.2, 0.25) is 0 Å². The third-order valence-electron chi connectivity index (χ3n) is 5.34. The molecule has 1 saturated carbocycles. The molecule has 10 heteroatoms. The first kappa shape index (κ1) is 19.2. The van der Waals surface area contributed by atoms with Crippen molar-refractivity contribution in [2.75, 3.05) is 32.1 Å². The molecule has 1 N–H and O–H groups in total. The Bertz CT molecular complexity index is 764. The van der Waals surface area contributed by atoms with Crippen LogP contribution in [-0.4, -0.2) is 67.5 Å². The Morgan fingerprint density at radius 3 is 2.85 bits per heavy atom. The van der Waals surface area contributed by atoms with Crippen LogP contribution in [0, 0.1) is 12.8 Å². The van der Waals surface area contributed by atoms with Gasteiger partial charge in [0.05, 0.1) is 11.2 Å². The van der Waals surface area contributed by atoms with E-state index in [0.717, 1.165) is 0 Å². The number of nitrogens with zero attached hydrogens (tertiary/aromatic N) is 3. The average molecular weight is 386 g/mol. The van der Waals surface area contributed by atoms with Crippen molar-refractivity contribution in [1.82, 2.24) is 19.8 Å². The fourth-order valence-corrected chi connectivity index (χ4v) is 4.95.